The lowest BCUT2D eigenvalue weighted by atomic mass is 9.75. The molecule has 1 aliphatic rings. The van der Waals surface area contributed by atoms with Crippen LogP contribution >= 0.6 is 0 Å². The third-order valence-electron chi connectivity index (χ3n) is 8.34. The van der Waals surface area contributed by atoms with Crippen LogP contribution < -0.4 is 9.47 Å². The molecule has 3 rings (SSSR count). The molecular formula is C37H50O8. The van der Waals surface area contributed by atoms with E-state index in [0.717, 1.165) is 23.5 Å². The summed E-state index contributed by atoms with van der Waals surface area (Å²) in [5.41, 5.74) is 4.73. The van der Waals surface area contributed by atoms with Crippen LogP contribution in [0.4, 0.5) is 0 Å². The lowest BCUT2D eigenvalue weighted by molar-refractivity contribution is -0.149. The predicted octanol–water partition coefficient (Wildman–Crippen LogP) is 6.57. The van der Waals surface area contributed by atoms with E-state index in [0.29, 0.717) is 17.4 Å². The van der Waals surface area contributed by atoms with Crippen molar-refractivity contribution in [3.05, 3.63) is 71.8 Å². The molecule has 0 aliphatic heterocycles. The number of hydrogen-bond acceptors (Lipinski definition) is 8. The average Bonchev–Trinajstić information content (AvgIpc) is 3.07. The highest BCUT2D eigenvalue weighted by atomic mass is 16.6. The van der Waals surface area contributed by atoms with E-state index in [1.807, 2.05) is 12.1 Å². The van der Waals surface area contributed by atoms with Gasteiger partial charge in [0.05, 0.1) is 24.7 Å². The van der Waals surface area contributed by atoms with Crippen LogP contribution in [0.2, 0.25) is 0 Å². The third kappa shape index (κ3) is 11.4. The van der Waals surface area contributed by atoms with Crippen molar-refractivity contribution in [2.45, 2.75) is 71.6 Å². The van der Waals surface area contributed by atoms with Crippen molar-refractivity contribution < 1.29 is 38.7 Å². The highest BCUT2D eigenvalue weighted by molar-refractivity contribution is 5.87. The number of aliphatic hydroxyl groups excluding tert-OH is 2. The van der Waals surface area contributed by atoms with E-state index in [9.17, 15) is 9.59 Å². The predicted molar refractivity (Wildman–Crippen MR) is 175 cm³/mol. The number of esters is 2. The lowest BCUT2D eigenvalue weighted by Crippen LogP contribution is -2.20. The van der Waals surface area contributed by atoms with E-state index in [2.05, 4.69) is 50.8 Å². The highest BCUT2D eigenvalue weighted by Crippen LogP contribution is 2.40. The van der Waals surface area contributed by atoms with Gasteiger partial charge >= 0.3 is 11.9 Å². The molecule has 8 heteroatoms. The molecule has 0 spiro atoms. The number of rotatable bonds is 18. The number of aryl methyl sites for hydroxylation is 1. The minimum atomic E-state index is -0.668. The minimum Gasteiger partial charge on any atom is -0.490 e. The molecule has 1 unspecified atom stereocenters. The second-order valence-electron chi connectivity index (χ2n) is 11.7. The maximum Gasteiger partial charge on any atom is 0.335 e. The van der Waals surface area contributed by atoms with E-state index in [1.165, 1.54) is 49.7 Å². The van der Waals surface area contributed by atoms with Gasteiger partial charge in [-0.05, 0) is 105 Å². The van der Waals surface area contributed by atoms with Crippen molar-refractivity contribution in [2.24, 2.45) is 11.8 Å². The molecule has 45 heavy (non-hydrogen) atoms. The van der Waals surface area contributed by atoms with Gasteiger partial charge in [0.25, 0.3) is 0 Å². The van der Waals surface area contributed by atoms with E-state index < -0.39 is 24.5 Å². The van der Waals surface area contributed by atoms with Crippen LogP contribution in [0.25, 0.3) is 11.1 Å². The molecule has 1 saturated carbocycles. The number of hydrogen-bond donors (Lipinski definition) is 2. The Morgan fingerprint density at radius 2 is 1.60 bits per heavy atom. The molecule has 2 N–H and O–H groups in total. The number of benzene rings is 2. The fourth-order valence-corrected chi connectivity index (χ4v) is 5.63. The van der Waals surface area contributed by atoms with Crippen LogP contribution in [0, 0.1) is 11.8 Å². The number of ether oxygens (including phenoxy) is 4. The van der Waals surface area contributed by atoms with Gasteiger partial charge in [0.2, 0.25) is 0 Å². The SMILES string of the molecule is C=C(CO)C(=O)OCCOc1cc(OCCOC(=O)C(C)CO)cc(-c2ccc(C3CCC(CC/C=C/C)CC3)c(CC)c2)c1. The quantitative estimate of drug-likeness (QED) is 0.0832. The number of aliphatic hydroxyl groups is 2. The van der Waals surface area contributed by atoms with Gasteiger partial charge in [0.1, 0.15) is 37.9 Å². The zero-order chi connectivity index (χ0) is 32.6. The monoisotopic (exact) mass is 622 g/mol. The molecule has 246 valence electrons. The van der Waals surface area contributed by atoms with Gasteiger partial charge in [-0.1, -0.05) is 43.9 Å². The Kier molecular flexibility index (Phi) is 15.2. The molecule has 8 nitrogen and oxygen atoms in total. The second-order valence-corrected chi connectivity index (χ2v) is 11.7. The van der Waals surface area contributed by atoms with Crippen molar-refractivity contribution in [1.29, 1.82) is 0 Å². The molecule has 0 radical (unpaired) electrons. The standard InChI is InChI=1S/C37H50O8/c1-5-7-8-9-28-10-12-30(13-11-28)35-15-14-31(20-29(35)6-2)32-21-33(42-16-18-44-36(40)26(3)24-38)23-34(22-32)43-17-19-45-37(41)27(4)25-39/h5,7,14-15,20-23,27-28,30,38-39H,3,6,8-13,16-19,24-25H2,1-2,4H3/b7-5+. The van der Waals surface area contributed by atoms with E-state index >= 15 is 0 Å². The van der Waals surface area contributed by atoms with Crippen molar-refractivity contribution in [3.63, 3.8) is 0 Å². The Balaban J connectivity index is 1.74. The fraction of sp³-hybridized carbons (Fsp3) is 0.514. The fourth-order valence-electron chi connectivity index (χ4n) is 5.63. The summed E-state index contributed by atoms with van der Waals surface area (Å²) in [6, 6.07) is 12.3. The first kappa shape index (κ1) is 35.9. The summed E-state index contributed by atoms with van der Waals surface area (Å²) in [5.74, 6) is 0.736. The molecule has 0 amide bonds. The normalized spacial score (nSPS) is 17.1. The van der Waals surface area contributed by atoms with Gasteiger partial charge in [-0.25, -0.2) is 4.79 Å². The van der Waals surface area contributed by atoms with Crippen molar-refractivity contribution in [1.82, 2.24) is 0 Å². The molecule has 1 fully saturated rings. The summed E-state index contributed by atoms with van der Waals surface area (Å²) in [6.45, 7) is 8.87. The molecule has 2 aromatic carbocycles. The van der Waals surface area contributed by atoms with Crippen molar-refractivity contribution in [2.75, 3.05) is 39.6 Å². The van der Waals surface area contributed by atoms with Crippen LogP contribution in [0.5, 0.6) is 11.5 Å². The first-order valence-corrected chi connectivity index (χ1v) is 16.2. The van der Waals surface area contributed by atoms with E-state index in [-0.39, 0.29) is 38.6 Å². The molecule has 1 aliphatic carbocycles. The minimum absolute atomic E-state index is 0.0104. The molecule has 2 aromatic rings. The lowest BCUT2D eigenvalue weighted by Gasteiger charge is -2.30. The van der Waals surface area contributed by atoms with Crippen LogP contribution in [0.15, 0.2) is 60.7 Å². The summed E-state index contributed by atoms with van der Waals surface area (Å²) < 4.78 is 22.1. The average molecular weight is 623 g/mol. The number of carbonyl (C=O) groups is 2. The first-order valence-electron chi connectivity index (χ1n) is 16.2. The topological polar surface area (TPSA) is 112 Å². The van der Waals surface area contributed by atoms with E-state index in [4.69, 9.17) is 29.2 Å². The molecule has 0 bridgehead atoms. The molecule has 1 atom stereocenters. The van der Waals surface area contributed by atoms with Gasteiger partial charge in [-0.15, -0.1) is 0 Å². The Hall–Kier alpha value is -3.62. The molecule has 0 saturated heterocycles. The van der Waals surface area contributed by atoms with Crippen LogP contribution in [0.1, 0.15) is 76.3 Å². The summed E-state index contributed by atoms with van der Waals surface area (Å²) in [6.07, 6.45) is 12.8. The molecule has 0 aromatic heterocycles. The smallest absolute Gasteiger partial charge is 0.335 e. The summed E-state index contributed by atoms with van der Waals surface area (Å²) >= 11 is 0. The van der Waals surface area contributed by atoms with Crippen LogP contribution in [-0.4, -0.2) is 61.8 Å². The summed E-state index contributed by atoms with van der Waals surface area (Å²) in [7, 11) is 0. The Labute approximate surface area is 268 Å². The highest BCUT2D eigenvalue weighted by Gasteiger charge is 2.24. The maximum absolute atomic E-state index is 11.9. The third-order valence-corrected chi connectivity index (χ3v) is 8.34. The number of carbonyl (C=O) groups excluding carboxylic acids is 2. The summed E-state index contributed by atoms with van der Waals surface area (Å²) in [5, 5.41) is 18.2. The number of allylic oxidation sites excluding steroid dienone is 2. The summed E-state index contributed by atoms with van der Waals surface area (Å²) in [4.78, 5) is 23.7. The zero-order valence-corrected chi connectivity index (χ0v) is 27.1. The Bertz CT molecular complexity index is 1280. The van der Waals surface area contributed by atoms with Gasteiger partial charge in [-0.3, -0.25) is 4.79 Å². The van der Waals surface area contributed by atoms with Crippen LogP contribution in [-0.2, 0) is 25.5 Å². The van der Waals surface area contributed by atoms with Gasteiger partial charge < -0.3 is 29.2 Å². The Morgan fingerprint density at radius 1 is 0.933 bits per heavy atom. The zero-order valence-electron chi connectivity index (χ0n) is 27.1. The van der Waals surface area contributed by atoms with Crippen molar-refractivity contribution >= 4 is 11.9 Å². The van der Waals surface area contributed by atoms with Crippen LogP contribution in [0.3, 0.4) is 0 Å². The Morgan fingerprint density at radius 3 is 2.20 bits per heavy atom. The van der Waals surface area contributed by atoms with Gasteiger partial charge in [0.15, 0.2) is 0 Å². The molecular weight excluding hydrogens is 572 g/mol. The largest absolute Gasteiger partial charge is 0.490 e. The van der Waals surface area contributed by atoms with Crippen molar-refractivity contribution in [3.8, 4) is 22.6 Å². The molecule has 0 heterocycles. The van der Waals surface area contributed by atoms with Gasteiger partial charge in [0, 0.05) is 6.07 Å². The first-order chi connectivity index (χ1) is 21.8. The van der Waals surface area contributed by atoms with E-state index in [1.54, 1.807) is 13.0 Å². The van der Waals surface area contributed by atoms with Gasteiger partial charge in [-0.2, -0.15) is 0 Å². The maximum atomic E-state index is 11.9. The second kappa shape index (κ2) is 19.0.